The first-order valence-corrected chi connectivity index (χ1v) is 5.69. The molecule has 0 saturated carbocycles. The molecule has 0 bridgehead atoms. The third-order valence-corrected chi connectivity index (χ3v) is 2.77. The molecule has 5 heteroatoms. The molecule has 1 aromatic rings. The lowest BCUT2D eigenvalue weighted by molar-refractivity contribution is 0.170. The van der Waals surface area contributed by atoms with E-state index in [0.717, 1.165) is 25.9 Å². The summed E-state index contributed by atoms with van der Waals surface area (Å²) < 4.78 is 44.7. The van der Waals surface area contributed by atoms with Crippen molar-refractivity contribution in [2.75, 3.05) is 13.1 Å². The minimum Gasteiger partial charge on any atom is -0.484 e. The molecule has 1 N–H and O–H groups in total. The van der Waals surface area contributed by atoms with Gasteiger partial charge in [0.15, 0.2) is 17.4 Å². The Labute approximate surface area is 97.8 Å². The van der Waals surface area contributed by atoms with Crippen molar-refractivity contribution in [3.63, 3.8) is 0 Å². The Morgan fingerprint density at radius 2 is 1.76 bits per heavy atom. The van der Waals surface area contributed by atoms with Crippen LogP contribution in [0.1, 0.15) is 19.3 Å². The van der Waals surface area contributed by atoms with Crippen LogP contribution in [-0.2, 0) is 0 Å². The minimum absolute atomic E-state index is 0.223. The Bertz CT molecular complexity index is 366. The van der Waals surface area contributed by atoms with Crippen molar-refractivity contribution in [1.29, 1.82) is 0 Å². The van der Waals surface area contributed by atoms with E-state index in [1.54, 1.807) is 0 Å². The van der Waals surface area contributed by atoms with Crippen molar-refractivity contribution < 1.29 is 17.9 Å². The van der Waals surface area contributed by atoms with Crippen LogP contribution in [-0.4, -0.2) is 19.2 Å². The quantitative estimate of drug-likeness (QED) is 0.864. The summed E-state index contributed by atoms with van der Waals surface area (Å²) in [6.45, 7) is 1.64. The van der Waals surface area contributed by atoms with Gasteiger partial charge in [-0.1, -0.05) is 0 Å². The molecule has 1 aliphatic heterocycles. The van der Waals surface area contributed by atoms with Crippen LogP contribution in [0.5, 0.6) is 5.75 Å². The highest BCUT2D eigenvalue weighted by Gasteiger charge is 2.19. The predicted molar refractivity (Wildman–Crippen MR) is 57.5 cm³/mol. The SMILES string of the molecule is Fc1cc(F)c(OC2CCCNCC2)c(F)c1. The molecule has 1 unspecified atom stereocenters. The molecule has 1 atom stereocenters. The summed E-state index contributed by atoms with van der Waals surface area (Å²) in [7, 11) is 0. The van der Waals surface area contributed by atoms with Crippen molar-refractivity contribution in [3.05, 3.63) is 29.6 Å². The number of rotatable bonds is 2. The van der Waals surface area contributed by atoms with Crippen molar-refractivity contribution in [2.45, 2.75) is 25.4 Å². The molecular weight excluding hydrogens is 231 g/mol. The lowest BCUT2D eigenvalue weighted by Crippen LogP contribution is -2.20. The van der Waals surface area contributed by atoms with Crippen LogP contribution in [0.2, 0.25) is 0 Å². The van der Waals surface area contributed by atoms with Crippen LogP contribution in [0.25, 0.3) is 0 Å². The first-order chi connectivity index (χ1) is 8.16. The summed E-state index contributed by atoms with van der Waals surface area (Å²) in [6.07, 6.45) is 2.11. The van der Waals surface area contributed by atoms with Crippen LogP contribution < -0.4 is 10.1 Å². The normalized spacial score (nSPS) is 21.0. The van der Waals surface area contributed by atoms with E-state index in [4.69, 9.17) is 4.74 Å². The third kappa shape index (κ3) is 3.12. The van der Waals surface area contributed by atoms with E-state index in [1.165, 1.54) is 0 Å². The van der Waals surface area contributed by atoms with E-state index in [-0.39, 0.29) is 6.10 Å². The topological polar surface area (TPSA) is 21.3 Å². The molecule has 0 aliphatic carbocycles. The number of hydrogen-bond donors (Lipinski definition) is 1. The van der Waals surface area contributed by atoms with Crippen LogP contribution >= 0.6 is 0 Å². The van der Waals surface area contributed by atoms with Crippen molar-refractivity contribution >= 4 is 0 Å². The van der Waals surface area contributed by atoms with Gasteiger partial charge in [0.05, 0.1) is 0 Å². The number of hydrogen-bond acceptors (Lipinski definition) is 2. The zero-order chi connectivity index (χ0) is 12.3. The van der Waals surface area contributed by atoms with Gasteiger partial charge in [-0.15, -0.1) is 0 Å². The number of halogens is 3. The van der Waals surface area contributed by atoms with E-state index >= 15 is 0 Å². The maximum Gasteiger partial charge on any atom is 0.191 e. The zero-order valence-electron chi connectivity index (χ0n) is 9.31. The number of nitrogens with one attached hydrogen (secondary N) is 1. The second-order valence-corrected chi connectivity index (χ2v) is 4.12. The molecule has 0 spiro atoms. The highest BCUT2D eigenvalue weighted by molar-refractivity contribution is 5.27. The smallest absolute Gasteiger partial charge is 0.191 e. The fourth-order valence-corrected chi connectivity index (χ4v) is 1.91. The summed E-state index contributed by atoms with van der Waals surface area (Å²) in [6, 6.07) is 1.26. The van der Waals surface area contributed by atoms with E-state index in [1.807, 2.05) is 0 Å². The van der Waals surface area contributed by atoms with Gasteiger partial charge in [0, 0.05) is 12.1 Å². The Morgan fingerprint density at radius 1 is 1.06 bits per heavy atom. The second-order valence-electron chi connectivity index (χ2n) is 4.12. The lowest BCUT2D eigenvalue weighted by Gasteiger charge is -2.17. The Balaban J connectivity index is 2.11. The van der Waals surface area contributed by atoms with Gasteiger partial charge in [-0.05, 0) is 32.4 Å². The van der Waals surface area contributed by atoms with E-state index < -0.39 is 23.2 Å². The fourth-order valence-electron chi connectivity index (χ4n) is 1.91. The van der Waals surface area contributed by atoms with Crippen molar-refractivity contribution in [3.8, 4) is 5.75 Å². The Hall–Kier alpha value is -1.23. The molecule has 2 nitrogen and oxygen atoms in total. The molecule has 17 heavy (non-hydrogen) atoms. The first-order valence-electron chi connectivity index (χ1n) is 5.69. The van der Waals surface area contributed by atoms with Gasteiger partial charge >= 0.3 is 0 Å². The molecule has 0 amide bonds. The van der Waals surface area contributed by atoms with Gasteiger partial charge in [-0.3, -0.25) is 0 Å². The Morgan fingerprint density at radius 3 is 2.47 bits per heavy atom. The maximum absolute atomic E-state index is 13.3. The monoisotopic (exact) mass is 245 g/mol. The van der Waals surface area contributed by atoms with Gasteiger partial charge in [0.2, 0.25) is 0 Å². The molecule has 0 radical (unpaired) electrons. The fraction of sp³-hybridized carbons (Fsp3) is 0.500. The summed E-state index contributed by atoms with van der Waals surface area (Å²) in [5.74, 6) is -3.38. The molecule has 1 aliphatic rings. The third-order valence-electron chi connectivity index (χ3n) is 2.77. The molecule has 0 aromatic heterocycles. The van der Waals surface area contributed by atoms with E-state index in [2.05, 4.69) is 5.32 Å². The predicted octanol–water partition coefficient (Wildman–Crippen LogP) is 2.62. The first kappa shape index (κ1) is 12.2. The van der Waals surface area contributed by atoms with Crippen LogP contribution in [0.15, 0.2) is 12.1 Å². The molecule has 2 rings (SSSR count). The average Bonchev–Trinajstić information content (AvgIpc) is 2.51. The Kier molecular flexibility index (Phi) is 3.89. The summed E-state index contributed by atoms with van der Waals surface area (Å²) in [5, 5.41) is 3.17. The van der Waals surface area contributed by atoms with E-state index in [0.29, 0.717) is 18.6 Å². The number of benzene rings is 1. The largest absolute Gasteiger partial charge is 0.484 e. The highest BCUT2D eigenvalue weighted by atomic mass is 19.1. The maximum atomic E-state index is 13.3. The van der Waals surface area contributed by atoms with Crippen LogP contribution in [0, 0.1) is 17.5 Å². The average molecular weight is 245 g/mol. The lowest BCUT2D eigenvalue weighted by atomic mass is 10.1. The van der Waals surface area contributed by atoms with Crippen LogP contribution in [0.3, 0.4) is 0 Å². The van der Waals surface area contributed by atoms with Crippen molar-refractivity contribution in [2.24, 2.45) is 0 Å². The molecule has 1 heterocycles. The van der Waals surface area contributed by atoms with Gasteiger partial charge in [-0.25, -0.2) is 13.2 Å². The minimum atomic E-state index is -0.986. The van der Waals surface area contributed by atoms with E-state index in [9.17, 15) is 13.2 Å². The highest BCUT2D eigenvalue weighted by Crippen LogP contribution is 2.25. The van der Waals surface area contributed by atoms with Gasteiger partial charge < -0.3 is 10.1 Å². The second kappa shape index (κ2) is 5.40. The molecule has 1 saturated heterocycles. The summed E-state index contributed by atoms with van der Waals surface area (Å²) in [4.78, 5) is 0. The summed E-state index contributed by atoms with van der Waals surface area (Å²) in [5.41, 5.74) is 0. The molecule has 1 fully saturated rings. The van der Waals surface area contributed by atoms with Crippen LogP contribution in [0.4, 0.5) is 13.2 Å². The molecule has 1 aromatic carbocycles. The van der Waals surface area contributed by atoms with Gasteiger partial charge in [0.1, 0.15) is 11.9 Å². The zero-order valence-corrected chi connectivity index (χ0v) is 9.31. The number of ether oxygens (including phenoxy) is 1. The summed E-state index contributed by atoms with van der Waals surface area (Å²) >= 11 is 0. The van der Waals surface area contributed by atoms with Crippen molar-refractivity contribution in [1.82, 2.24) is 5.32 Å². The standard InChI is InChI=1S/C12H14F3NO/c13-8-6-10(14)12(11(15)7-8)17-9-2-1-4-16-5-3-9/h6-7,9,16H,1-5H2. The molecule has 94 valence electrons. The van der Waals surface area contributed by atoms with Gasteiger partial charge in [0.25, 0.3) is 0 Å². The molecular formula is C12H14F3NO. The van der Waals surface area contributed by atoms with Gasteiger partial charge in [-0.2, -0.15) is 0 Å².